The van der Waals surface area contributed by atoms with Gasteiger partial charge in [-0.05, 0) is 75.1 Å². The topological polar surface area (TPSA) is 95.7 Å². The fourth-order valence-electron chi connectivity index (χ4n) is 4.96. The average molecular weight is 588 g/mol. The first-order valence-electron chi connectivity index (χ1n) is 14.2. The maximum absolute atomic E-state index is 13.7. The molecular formula is C34H41N3O4S. The SMILES string of the molecule is CCNc1ccc(C(c2nc(COCc3ccc(OC)cc3)c(C)s2)C(C)(C)C(=O)OCc2ccccc2)c(C)c1N. The third-order valence-electron chi connectivity index (χ3n) is 7.52. The van der Waals surface area contributed by atoms with E-state index in [0.29, 0.717) is 18.9 Å². The number of ether oxygens (including phenoxy) is 3. The Morgan fingerprint density at radius 1 is 0.976 bits per heavy atom. The van der Waals surface area contributed by atoms with Crippen LogP contribution >= 0.6 is 11.3 Å². The van der Waals surface area contributed by atoms with Crippen molar-refractivity contribution in [2.45, 2.75) is 60.4 Å². The highest BCUT2D eigenvalue weighted by Gasteiger charge is 2.43. The molecule has 0 radical (unpaired) electrons. The Kier molecular flexibility index (Phi) is 10.2. The standard InChI is InChI=1S/C34H41N3O4S/c1-7-36-28-18-17-27(22(2)31(28)35)30(34(4,5)33(38)41-20-24-11-9-8-10-12-24)32-37-29(23(3)42-32)21-40-19-25-13-15-26(39-6)16-14-25/h8-18,30,36H,7,19-21,35H2,1-6H3. The van der Waals surface area contributed by atoms with Gasteiger partial charge in [0.15, 0.2) is 0 Å². The van der Waals surface area contributed by atoms with E-state index in [1.807, 2.05) is 95.3 Å². The van der Waals surface area contributed by atoms with Gasteiger partial charge in [-0.3, -0.25) is 4.79 Å². The van der Waals surface area contributed by atoms with Gasteiger partial charge in [0.05, 0.1) is 48.7 Å². The summed E-state index contributed by atoms with van der Waals surface area (Å²) in [5.74, 6) is 0.136. The molecule has 1 unspecified atom stereocenters. The van der Waals surface area contributed by atoms with Gasteiger partial charge < -0.3 is 25.3 Å². The molecule has 0 aliphatic rings. The largest absolute Gasteiger partial charge is 0.497 e. The molecule has 0 fully saturated rings. The maximum atomic E-state index is 13.7. The first-order chi connectivity index (χ1) is 20.1. The number of methoxy groups -OCH3 is 1. The molecule has 222 valence electrons. The van der Waals surface area contributed by atoms with E-state index in [0.717, 1.165) is 55.8 Å². The molecule has 3 N–H and O–H groups in total. The van der Waals surface area contributed by atoms with E-state index >= 15 is 0 Å². The minimum absolute atomic E-state index is 0.206. The summed E-state index contributed by atoms with van der Waals surface area (Å²) in [6, 6.07) is 21.6. The number of carbonyl (C=O) groups excluding carboxylic acids is 1. The molecule has 4 aromatic rings. The minimum atomic E-state index is -0.933. The summed E-state index contributed by atoms with van der Waals surface area (Å²) < 4.78 is 17.2. The van der Waals surface area contributed by atoms with Crippen molar-refractivity contribution in [3.05, 3.63) is 105 Å². The van der Waals surface area contributed by atoms with Crippen molar-refractivity contribution < 1.29 is 19.0 Å². The number of esters is 1. The van der Waals surface area contributed by atoms with Crippen LogP contribution < -0.4 is 15.8 Å². The number of nitrogens with two attached hydrogens (primary N) is 1. The Balaban J connectivity index is 1.63. The molecule has 42 heavy (non-hydrogen) atoms. The lowest BCUT2D eigenvalue weighted by molar-refractivity contribution is -0.156. The smallest absolute Gasteiger partial charge is 0.312 e. The number of aromatic nitrogens is 1. The van der Waals surface area contributed by atoms with Gasteiger partial charge in [-0.25, -0.2) is 4.98 Å². The molecule has 7 nitrogen and oxygen atoms in total. The van der Waals surface area contributed by atoms with Crippen LogP contribution in [0.1, 0.15) is 64.5 Å². The van der Waals surface area contributed by atoms with Crippen LogP contribution in [0.15, 0.2) is 66.7 Å². The summed E-state index contributed by atoms with van der Waals surface area (Å²) >= 11 is 1.58. The molecule has 0 saturated carbocycles. The molecular weight excluding hydrogens is 546 g/mol. The summed E-state index contributed by atoms with van der Waals surface area (Å²) in [6.45, 7) is 11.7. The second-order valence-corrected chi connectivity index (χ2v) is 12.1. The second-order valence-electron chi connectivity index (χ2n) is 10.9. The summed E-state index contributed by atoms with van der Waals surface area (Å²) in [6.07, 6.45) is 0. The van der Waals surface area contributed by atoms with Crippen molar-refractivity contribution >= 4 is 28.7 Å². The first kappa shape index (κ1) is 31.1. The Morgan fingerprint density at radius 3 is 2.33 bits per heavy atom. The lowest BCUT2D eigenvalue weighted by Crippen LogP contribution is -2.34. The molecule has 3 aromatic carbocycles. The van der Waals surface area contributed by atoms with Gasteiger partial charge in [0.25, 0.3) is 0 Å². The van der Waals surface area contributed by atoms with E-state index in [2.05, 4.69) is 11.4 Å². The third kappa shape index (κ3) is 7.12. The zero-order valence-corrected chi connectivity index (χ0v) is 26.1. The van der Waals surface area contributed by atoms with Gasteiger partial charge in [0.1, 0.15) is 17.4 Å². The Hall–Kier alpha value is -3.88. The molecule has 0 amide bonds. The molecule has 0 aliphatic heterocycles. The molecule has 0 bridgehead atoms. The van der Waals surface area contributed by atoms with Crippen molar-refractivity contribution in [3.8, 4) is 5.75 Å². The van der Waals surface area contributed by atoms with Crippen molar-refractivity contribution in [2.24, 2.45) is 5.41 Å². The van der Waals surface area contributed by atoms with Crippen LogP contribution in [0.5, 0.6) is 5.75 Å². The molecule has 1 aromatic heterocycles. The first-order valence-corrected chi connectivity index (χ1v) is 15.0. The van der Waals surface area contributed by atoms with E-state index < -0.39 is 5.41 Å². The summed E-state index contributed by atoms with van der Waals surface area (Å²) in [5, 5.41) is 4.16. The van der Waals surface area contributed by atoms with Crippen LogP contribution in [0.2, 0.25) is 0 Å². The summed E-state index contributed by atoms with van der Waals surface area (Å²) in [4.78, 5) is 19.8. The Bertz CT molecular complexity index is 1480. The number of carbonyl (C=O) groups is 1. The molecule has 0 aliphatic carbocycles. The molecule has 0 spiro atoms. The molecule has 8 heteroatoms. The van der Waals surface area contributed by atoms with Gasteiger partial charge in [-0.2, -0.15) is 0 Å². The van der Waals surface area contributed by atoms with Crippen molar-refractivity contribution in [1.82, 2.24) is 4.98 Å². The number of nitrogen functional groups attached to an aromatic ring is 1. The molecule has 0 saturated heterocycles. The number of hydrogen-bond donors (Lipinski definition) is 2. The van der Waals surface area contributed by atoms with E-state index in [-0.39, 0.29) is 18.5 Å². The fourth-order valence-corrected chi connectivity index (χ4v) is 6.19. The van der Waals surface area contributed by atoms with Gasteiger partial charge in [-0.15, -0.1) is 11.3 Å². The van der Waals surface area contributed by atoms with Crippen molar-refractivity contribution in [2.75, 3.05) is 24.7 Å². The summed E-state index contributed by atoms with van der Waals surface area (Å²) in [7, 11) is 1.65. The number of benzene rings is 3. The average Bonchev–Trinajstić information content (AvgIpc) is 3.35. The van der Waals surface area contributed by atoms with Crippen molar-refractivity contribution in [1.29, 1.82) is 0 Å². The number of rotatable bonds is 13. The third-order valence-corrected chi connectivity index (χ3v) is 8.60. The van der Waals surface area contributed by atoms with Crippen LogP contribution in [0.4, 0.5) is 11.4 Å². The second kappa shape index (κ2) is 13.9. The van der Waals surface area contributed by atoms with Crippen LogP contribution in [-0.2, 0) is 34.1 Å². The molecule has 1 heterocycles. The lowest BCUT2D eigenvalue weighted by Gasteiger charge is -2.33. The van der Waals surface area contributed by atoms with Gasteiger partial charge in [0, 0.05) is 11.4 Å². The number of hydrogen-bond acceptors (Lipinski definition) is 8. The number of aryl methyl sites for hydroxylation is 1. The van der Waals surface area contributed by atoms with E-state index in [1.165, 1.54) is 0 Å². The van der Waals surface area contributed by atoms with Crippen LogP contribution in [0.3, 0.4) is 0 Å². The number of anilines is 2. The van der Waals surface area contributed by atoms with Gasteiger partial charge >= 0.3 is 5.97 Å². The number of thiazole rings is 1. The quantitative estimate of drug-likeness (QED) is 0.124. The Labute approximate surface area is 253 Å². The predicted octanol–water partition coefficient (Wildman–Crippen LogP) is 7.40. The highest BCUT2D eigenvalue weighted by Crippen LogP contribution is 2.46. The normalized spacial score (nSPS) is 12.1. The highest BCUT2D eigenvalue weighted by molar-refractivity contribution is 7.11. The van der Waals surface area contributed by atoms with Crippen LogP contribution in [-0.4, -0.2) is 24.6 Å². The number of nitrogens with zero attached hydrogens (tertiary/aromatic N) is 1. The molecule has 4 rings (SSSR count). The lowest BCUT2D eigenvalue weighted by atomic mass is 9.73. The molecule has 1 atom stereocenters. The van der Waals surface area contributed by atoms with Gasteiger partial charge in [0.2, 0.25) is 0 Å². The van der Waals surface area contributed by atoms with Gasteiger partial charge in [-0.1, -0.05) is 48.5 Å². The highest BCUT2D eigenvalue weighted by atomic mass is 32.1. The van der Waals surface area contributed by atoms with Crippen LogP contribution in [0.25, 0.3) is 0 Å². The van der Waals surface area contributed by atoms with E-state index in [9.17, 15) is 4.79 Å². The van der Waals surface area contributed by atoms with Crippen LogP contribution in [0, 0.1) is 19.3 Å². The van der Waals surface area contributed by atoms with E-state index in [1.54, 1.807) is 18.4 Å². The monoisotopic (exact) mass is 587 g/mol. The Morgan fingerprint density at radius 2 is 1.67 bits per heavy atom. The summed E-state index contributed by atoms with van der Waals surface area (Å²) in [5.41, 5.74) is 11.9. The minimum Gasteiger partial charge on any atom is -0.497 e. The zero-order valence-electron chi connectivity index (χ0n) is 25.3. The zero-order chi connectivity index (χ0) is 30.3. The number of nitrogens with one attached hydrogen (secondary N) is 1. The van der Waals surface area contributed by atoms with E-state index in [4.69, 9.17) is 24.9 Å². The fraction of sp³-hybridized carbons (Fsp3) is 0.353. The van der Waals surface area contributed by atoms with Crippen molar-refractivity contribution in [3.63, 3.8) is 0 Å². The predicted molar refractivity (Wildman–Crippen MR) is 170 cm³/mol. The maximum Gasteiger partial charge on any atom is 0.312 e.